The summed E-state index contributed by atoms with van der Waals surface area (Å²) < 4.78 is 0. The van der Waals surface area contributed by atoms with Crippen LogP contribution in [0.15, 0.2) is 0 Å². The highest BCUT2D eigenvalue weighted by Crippen LogP contribution is 2.60. The zero-order chi connectivity index (χ0) is 14.7. The standard InChI is InChI=1S/C19H30N2O/c22-18(20-21-6-5-16-3-1-2-4-17(16)21)19-10-13-7-14(11-19)9-15(8-13)12-19/h13-17H,1-12H2,(H,20,22). The maximum Gasteiger partial charge on any atom is 0.240 e. The van der Waals surface area contributed by atoms with Crippen LogP contribution in [0.5, 0.6) is 0 Å². The first-order chi connectivity index (χ1) is 10.7. The zero-order valence-electron chi connectivity index (χ0n) is 13.7. The van der Waals surface area contributed by atoms with Crippen molar-refractivity contribution in [2.75, 3.05) is 6.54 Å². The smallest absolute Gasteiger partial charge is 0.240 e. The molecule has 1 aliphatic heterocycles. The van der Waals surface area contributed by atoms with Crippen molar-refractivity contribution in [3.05, 3.63) is 0 Å². The highest BCUT2D eigenvalue weighted by Gasteiger charge is 2.55. The van der Waals surface area contributed by atoms with Gasteiger partial charge in [-0.15, -0.1) is 0 Å². The largest absolute Gasteiger partial charge is 0.288 e. The Kier molecular flexibility index (Phi) is 3.12. The monoisotopic (exact) mass is 302 g/mol. The van der Waals surface area contributed by atoms with Gasteiger partial charge in [0.05, 0.1) is 5.41 Å². The lowest BCUT2D eigenvalue weighted by Crippen LogP contribution is -2.58. The van der Waals surface area contributed by atoms with Gasteiger partial charge in [-0.3, -0.25) is 10.2 Å². The van der Waals surface area contributed by atoms with Gasteiger partial charge < -0.3 is 0 Å². The Bertz CT molecular complexity index is 439. The van der Waals surface area contributed by atoms with E-state index in [1.165, 1.54) is 70.6 Å². The molecule has 0 radical (unpaired) electrons. The van der Waals surface area contributed by atoms with E-state index in [1.807, 2.05) is 0 Å². The van der Waals surface area contributed by atoms with E-state index in [1.54, 1.807) is 0 Å². The molecule has 5 saturated carbocycles. The summed E-state index contributed by atoms with van der Waals surface area (Å²) in [6, 6.07) is 0.645. The SMILES string of the molecule is O=C(NN1CCC2CCCCC21)C12CC3CC(CC(C3)C1)C2. The van der Waals surface area contributed by atoms with Crippen LogP contribution in [-0.2, 0) is 4.79 Å². The van der Waals surface area contributed by atoms with Gasteiger partial charge in [0, 0.05) is 12.6 Å². The number of fused-ring (bicyclic) bond motifs is 1. The molecular weight excluding hydrogens is 272 g/mol. The van der Waals surface area contributed by atoms with Gasteiger partial charge in [0.1, 0.15) is 0 Å². The summed E-state index contributed by atoms with van der Waals surface area (Å²) in [7, 11) is 0. The summed E-state index contributed by atoms with van der Waals surface area (Å²) in [6.07, 6.45) is 14.5. The molecule has 3 nitrogen and oxygen atoms in total. The van der Waals surface area contributed by atoms with Gasteiger partial charge in [-0.1, -0.05) is 12.8 Å². The van der Waals surface area contributed by atoms with Gasteiger partial charge in [0.15, 0.2) is 0 Å². The van der Waals surface area contributed by atoms with Crippen LogP contribution in [0.2, 0.25) is 0 Å². The van der Waals surface area contributed by atoms with Crippen molar-refractivity contribution in [3.63, 3.8) is 0 Å². The first-order valence-electron chi connectivity index (χ1n) is 9.80. The van der Waals surface area contributed by atoms with Crippen LogP contribution in [0.3, 0.4) is 0 Å². The van der Waals surface area contributed by atoms with Crippen LogP contribution < -0.4 is 5.43 Å². The minimum absolute atomic E-state index is 0.0154. The van der Waals surface area contributed by atoms with Crippen molar-refractivity contribution in [1.29, 1.82) is 0 Å². The molecule has 1 heterocycles. The molecule has 0 aromatic rings. The number of hydrogen-bond acceptors (Lipinski definition) is 2. The second-order valence-electron chi connectivity index (χ2n) is 9.23. The Labute approximate surface area is 134 Å². The van der Waals surface area contributed by atoms with Crippen LogP contribution >= 0.6 is 0 Å². The Hall–Kier alpha value is -0.570. The third-order valence-corrected chi connectivity index (χ3v) is 7.78. The van der Waals surface area contributed by atoms with E-state index in [0.717, 1.165) is 30.2 Å². The first kappa shape index (κ1) is 13.8. The van der Waals surface area contributed by atoms with Crippen molar-refractivity contribution >= 4 is 5.91 Å². The number of hydrazine groups is 1. The number of carbonyl (C=O) groups is 1. The summed E-state index contributed by atoms with van der Waals surface area (Å²) >= 11 is 0. The maximum atomic E-state index is 13.2. The van der Waals surface area contributed by atoms with E-state index in [4.69, 9.17) is 0 Å². The Balaban J connectivity index is 1.31. The van der Waals surface area contributed by atoms with Crippen LogP contribution in [0.4, 0.5) is 0 Å². The van der Waals surface area contributed by atoms with E-state index >= 15 is 0 Å². The molecule has 22 heavy (non-hydrogen) atoms. The number of carbonyl (C=O) groups excluding carboxylic acids is 1. The number of rotatable bonds is 2. The molecule has 4 bridgehead atoms. The summed E-state index contributed by atoms with van der Waals surface area (Å²) in [4.78, 5) is 13.2. The van der Waals surface area contributed by atoms with E-state index < -0.39 is 0 Å². The number of nitrogens with one attached hydrogen (secondary N) is 1. The zero-order valence-corrected chi connectivity index (χ0v) is 13.7. The molecule has 5 aliphatic carbocycles. The van der Waals surface area contributed by atoms with Crippen LogP contribution in [0, 0.1) is 29.1 Å². The molecule has 0 aromatic carbocycles. The van der Waals surface area contributed by atoms with Gasteiger partial charge in [0.25, 0.3) is 0 Å². The predicted octanol–water partition coefficient (Wildman–Crippen LogP) is 3.50. The molecule has 6 fully saturated rings. The molecule has 3 heteroatoms. The Morgan fingerprint density at radius 2 is 1.55 bits per heavy atom. The van der Waals surface area contributed by atoms with Crippen LogP contribution in [0.1, 0.15) is 70.6 Å². The van der Waals surface area contributed by atoms with E-state index in [-0.39, 0.29) is 5.41 Å². The molecular formula is C19H30N2O. The van der Waals surface area contributed by atoms with Crippen LogP contribution in [-0.4, -0.2) is 23.5 Å². The second-order valence-corrected chi connectivity index (χ2v) is 9.23. The predicted molar refractivity (Wildman–Crippen MR) is 85.8 cm³/mol. The highest BCUT2D eigenvalue weighted by atomic mass is 16.2. The average molecular weight is 302 g/mol. The fourth-order valence-corrected chi connectivity index (χ4v) is 7.18. The van der Waals surface area contributed by atoms with Gasteiger partial charge in [-0.05, 0) is 81.5 Å². The number of hydrogen-bond donors (Lipinski definition) is 1. The molecule has 1 N–H and O–H groups in total. The van der Waals surface area contributed by atoms with Crippen molar-refractivity contribution < 1.29 is 4.79 Å². The third kappa shape index (κ3) is 2.07. The first-order valence-corrected chi connectivity index (χ1v) is 9.80. The lowest BCUT2D eigenvalue weighted by Gasteiger charge is -2.56. The van der Waals surface area contributed by atoms with Crippen molar-refractivity contribution in [3.8, 4) is 0 Å². The highest BCUT2D eigenvalue weighted by molar-refractivity contribution is 5.82. The third-order valence-electron chi connectivity index (χ3n) is 7.78. The fraction of sp³-hybridized carbons (Fsp3) is 0.947. The fourth-order valence-electron chi connectivity index (χ4n) is 7.18. The lowest BCUT2D eigenvalue weighted by molar-refractivity contribution is -0.152. The van der Waals surface area contributed by atoms with E-state index in [0.29, 0.717) is 11.9 Å². The average Bonchev–Trinajstić information content (AvgIpc) is 2.89. The molecule has 2 atom stereocenters. The Morgan fingerprint density at radius 3 is 2.23 bits per heavy atom. The second kappa shape index (κ2) is 4.96. The molecule has 6 aliphatic rings. The molecule has 2 unspecified atom stereocenters. The Morgan fingerprint density at radius 1 is 0.909 bits per heavy atom. The molecule has 0 aromatic heterocycles. The lowest BCUT2D eigenvalue weighted by atomic mass is 9.49. The number of amides is 1. The van der Waals surface area contributed by atoms with Gasteiger partial charge >= 0.3 is 0 Å². The summed E-state index contributed by atoms with van der Waals surface area (Å²) in [5.74, 6) is 3.83. The summed E-state index contributed by atoms with van der Waals surface area (Å²) in [6.45, 7) is 1.09. The van der Waals surface area contributed by atoms with Gasteiger partial charge in [-0.25, -0.2) is 5.01 Å². The summed E-state index contributed by atoms with van der Waals surface area (Å²) in [5.41, 5.74) is 3.44. The van der Waals surface area contributed by atoms with Crippen molar-refractivity contribution in [2.24, 2.45) is 29.1 Å². The molecule has 0 spiro atoms. The summed E-state index contributed by atoms with van der Waals surface area (Å²) in [5, 5.41) is 2.35. The molecule has 6 rings (SSSR count). The normalized spacial score (nSPS) is 50.1. The van der Waals surface area contributed by atoms with Gasteiger partial charge in [-0.2, -0.15) is 0 Å². The van der Waals surface area contributed by atoms with Crippen molar-refractivity contribution in [1.82, 2.24) is 10.4 Å². The van der Waals surface area contributed by atoms with Crippen LogP contribution in [0.25, 0.3) is 0 Å². The quantitative estimate of drug-likeness (QED) is 0.847. The van der Waals surface area contributed by atoms with Gasteiger partial charge in [0.2, 0.25) is 5.91 Å². The molecule has 122 valence electrons. The molecule has 1 saturated heterocycles. The topological polar surface area (TPSA) is 32.3 Å². The minimum atomic E-state index is 0.0154. The molecule has 1 amide bonds. The maximum absolute atomic E-state index is 13.2. The van der Waals surface area contributed by atoms with Crippen molar-refractivity contribution in [2.45, 2.75) is 76.7 Å². The van der Waals surface area contributed by atoms with E-state index in [2.05, 4.69) is 10.4 Å². The number of nitrogens with zero attached hydrogens (tertiary/aromatic N) is 1. The van der Waals surface area contributed by atoms with E-state index in [9.17, 15) is 4.79 Å². The minimum Gasteiger partial charge on any atom is -0.288 e.